The van der Waals surface area contributed by atoms with Crippen LogP contribution in [0.4, 0.5) is 4.39 Å². The number of ketones is 1. The van der Waals surface area contributed by atoms with Gasteiger partial charge in [0.1, 0.15) is 11.6 Å². The molecule has 2 nitrogen and oxygen atoms in total. The second-order valence-corrected chi connectivity index (χ2v) is 6.20. The van der Waals surface area contributed by atoms with Crippen LogP contribution >= 0.6 is 0 Å². The van der Waals surface area contributed by atoms with Crippen molar-refractivity contribution in [1.29, 1.82) is 0 Å². The molecule has 2 aliphatic rings. The lowest BCUT2D eigenvalue weighted by Gasteiger charge is -2.42. The molecule has 0 aromatic heterocycles. The van der Waals surface area contributed by atoms with Gasteiger partial charge in [0.05, 0.1) is 0 Å². The molecule has 1 aromatic carbocycles. The minimum Gasteiger partial charge on any atom is -0.300 e. The molecule has 1 aromatic rings. The molecule has 3 rings (SSSR count). The second-order valence-electron chi connectivity index (χ2n) is 6.20. The van der Waals surface area contributed by atoms with Gasteiger partial charge in [0.25, 0.3) is 0 Å². The summed E-state index contributed by atoms with van der Waals surface area (Å²) < 4.78 is 13.1. The highest BCUT2D eigenvalue weighted by Crippen LogP contribution is 2.46. The third-order valence-corrected chi connectivity index (χ3v) is 5.29. The molecule has 0 spiro atoms. The Labute approximate surface area is 120 Å². The zero-order valence-corrected chi connectivity index (χ0v) is 12.2. The van der Waals surface area contributed by atoms with Gasteiger partial charge < -0.3 is 0 Å². The van der Waals surface area contributed by atoms with E-state index < -0.39 is 0 Å². The summed E-state index contributed by atoms with van der Waals surface area (Å²) in [5, 5.41) is 0. The molecular formula is C17H22FNO. The van der Waals surface area contributed by atoms with E-state index in [-0.39, 0.29) is 17.7 Å². The fourth-order valence-corrected chi connectivity index (χ4v) is 4.19. The molecule has 0 amide bonds. The Bertz CT molecular complexity index is 498. The molecule has 2 fully saturated rings. The zero-order chi connectivity index (χ0) is 14.3. The third-order valence-electron chi connectivity index (χ3n) is 5.29. The van der Waals surface area contributed by atoms with Gasteiger partial charge in [-0.05, 0) is 49.9 Å². The van der Waals surface area contributed by atoms with E-state index in [2.05, 4.69) is 11.9 Å². The summed E-state index contributed by atoms with van der Waals surface area (Å²) in [6.07, 6.45) is 3.92. The third kappa shape index (κ3) is 2.18. The number of benzene rings is 1. The highest BCUT2D eigenvalue weighted by molar-refractivity contribution is 5.82. The standard InChI is InChI=1S/C17H22FNO/c1-3-16(20)17-14(11-4-6-12(18)7-5-11)10-13-8-9-15(17)19(13)2/h4-7,13-15,17H,3,8-10H2,1-2H3/t13-,14+,15+,17-/m0/s1. The van der Waals surface area contributed by atoms with E-state index in [1.807, 2.05) is 19.1 Å². The normalized spacial score (nSPS) is 33.4. The van der Waals surface area contributed by atoms with Crippen LogP contribution in [0.3, 0.4) is 0 Å². The van der Waals surface area contributed by atoms with Crippen LogP contribution in [0.25, 0.3) is 0 Å². The van der Waals surface area contributed by atoms with Crippen LogP contribution in [-0.2, 0) is 4.79 Å². The minimum absolute atomic E-state index is 0.0780. The van der Waals surface area contributed by atoms with Crippen LogP contribution in [0, 0.1) is 11.7 Å². The van der Waals surface area contributed by atoms with Crippen molar-refractivity contribution in [1.82, 2.24) is 4.90 Å². The number of halogens is 1. The lowest BCUT2D eigenvalue weighted by molar-refractivity contribution is -0.126. The first-order chi connectivity index (χ1) is 9.61. The van der Waals surface area contributed by atoms with Gasteiger partial charge >= 0.3 is 0 Å². The maximum atomic E-state index is 13.1. The van der Waals surface area contributed by atoms with Crippen LogP contribution in [-0.4, -0.2) is 29.8 Å². The molecule has 2 saturated heterocycles. The van der Waals surface area contributed by atoms with E-state index in [4.69, 9.17) is 0 Å². The van der Waals surface area contributed by atoms with Crippen LogP contribution < -0.4 is 0 Å². The van der Waals surface area contributed by atoms with E-state index in [0.717, 1.165) is 18.4 Å². The Morgan fingerprint density at radius 3 is 2.65 bits per heavy atom. The number of Topliss-reactive ketones (excluding diaryl/α,β-unsaturated/α-hetero) is 1. The average molecular weight is 275 g/mol. The predicted octanol–water partition coefficient (Wildman–Crippen LogP) is 3.37. The van der Waals surface area contributed by atoms with Gasteiger partial charge in [0.2, 0.25) is 0 Å². The Morgan fingerprint density at radius 2 is 2.00 bits per heavy atom. The predicted molar refractivity (Wildman–Crippen MR) is 77.1 cm³/mol. The quantitative estimate of drug-likeness (QED) is 0.843. The van der Waals surface area contributed by atoms with Crippen LogP contribution in [0.5, 0.6) is 0 Å². The van der Waals surface area contributed by atoms with Crippen molar-refractivity contribution in [3.05, 3.63) is 35.6 Å². The number of nitrogens with zero attached hydrogens (tertiary/aromatic N) is 1. The van der Waals surface area contributed by atoms with E-state index in [9.17, 15) is 9.18 Å². The molecule has 0 saturated carbocycles. The van der Waals surface area contributed by atoms with Gasteiger partial charge in [0, 0.05) is 24.4 Å². The highest BCUT2D eigenvalue weighted by Gasteiger charge is 2.48. The van der Waals surface area contributed by atoms with E-state index in [1.165, 1.54) is 18.6 Å². The zero-order valence-electron chi connectivity index (χ0n) is 12.2. The van der Waals surface area contributed by atoms with Crippen molar-refractivity contribution in [3.8, 4) is 0 Å². The minimum atomic E-state index is -0.206. The molecule has 2 bridgehead atoms. The summed E-state index contributed by atoms with van der Waals surface area (Å²) in [5.41, 5.74) is 1.13. The number of hydrogen-bond acceptors (Lipinski definition) is 2. The summed E-state index contributed by atoms with van der Waals surface area (Å²) in [6, 6.07) is 7.71. The van der Waals surface area contributed by atoms with Gasteiger partial charge in [0.15, 0.2) is 0 Å². The molecule has 0 unspecified atom stereocenters. The smallest absolute Gasteiger partial charge is 0.137 e. The largest absolute Gasteiger partial charge is 0.300 e. The van der Waals surface area contributed by atoms with Gasteiger partial charge in [-0.15, -0.1) is 0 Å². The molecule has 108 valence electrons. The Balaban J connectivity index is 1.95. The van der Waals surface area contributed by atoms with Crippen molar-refractivity contribution >= 4 is 5.78 Å². The first-order valence-electron chi connectivity index (χ1n) is 7.62. The molecular weight excluding hydrogens is 253 g/mol. The fraction of sp³-hybridized carbons (Fsp3) is 0.588. The molecule has 0 aliphatic carbocycles. The summed E-state index contributed by atoms with van der Waals surface area (Å²) in [7, 11) is 2.15. The number of rotatable bonds is 3. The second kappa shape index (κ2) is 5.28. The van der Waals surface area contributed by atoms with Crippen molar-refractivity contribution in [2.45, 2.75) is 50.6 Å². The van der Waals surface area contributed by atoms with Crippen molar-refractivity contribution in [3.63, 3.8) is 0 Å². The van der Waals surface area contributed by atoms with Crippen molar-refractivity contribution in [2.75, 3.05) is 7.05 Å². The SMILES string of the molecule is CCC(=O)[C@H]1[C@@H](c2ccc(F)cc2)C[C@@H]2CC[C@H]1N2C. The molecule has 0 N–H and O–H groups in total. The summed E-state index contributed by atoms with van der Waals surface area (Å²) in [6.45, 7) is 1.95. The maximum absolute atomic E-state index is 13.1. The Morgan fingerprint density at radius 1 is 1.30 bits per heavy atom. The first kappa shape index (κ1) is 13.7. The fourth-order valence-electron chi connectivity index (χ4n) is 4.19. The lowest BCUT2D eigenvalue weighted by Crippen LogP contribution is -2.48. The monoisotopic (exact) mass is 275 g/mol. The van der Waals surface area contributed by atoms with E-state index in [1.54, 1.807) is 0 Å². The van der Waals surface area contributed by atoms with Crippen LogP contribution in [0.2, 0.25) is 0 Å². The number of carbonyl (C=O) groups excluding carboxylic acids is 1. The lowest BCUT2D eigenvalue weighted by atomic mass is 9.73. The van der Waals surface area contributed by atoms with Gasteiger partial charge in [-0.1, -0.05) is 19.1 Å². The number of fused-ring (bicyclic) bond motifs is 2. The molecule has 0 radical (unpaired) electrons. The van der Waals surface area contributed by atoms with Crippen molar-refractivity contribution < 1.29 is 9.18 Å². The number of carbonyl (C=O) groups is 1. The van der Waals surface area contributed by atoms with E-state index >= 15 is 0 Å². The number of hydrogen-bond donors (Lipinski definition) is 0. The summed E-state index contributed by atoms with van der Waals surface area (Å²) >= 11 is 0. The molecule has 3 heteroatoms. The summed E-state index contributed by atoms with van der Waals surface area (Å²) in [4.78, 5) is 14.9. The Hall–Kier alpha value is -1.22. The molecule has 2 aliphatic heterocycles. The van der Waals surface area contributed by atoms with Gasteiger partial charge in [-0.2, -0.15) is 0 Å². The molecule has 2 heterocycles. The maximum Gasteiger partial charge on any atom is 0.137 e. The average Bonchev–Trinajstić information content (AvgIpc) is 2.70. The van der Waals surface area contributed by atoms with Gasteiger partial charge in [-0.3, -0.25) is 9.69 Å². The summed E-state index contributed by atoms with van der Waals surface area (Å²) in [5.74, 6) is 0.491. The Kier molecular flexibility index (Phi) is 3.63. The van der Waals surface area contributed by atoms with Gasteiger partial charge in [-0.25, -0.2) is 4.39 Å². The van der Waals surface area contributed by atoms with E-state index in [0.29, 0.717) is 24.3 Å². The number of piperidine rings is 1. The first-order valence-corrected chi connectivity index (χ1v) is 7.62. The topological polar surface area (TPSA) is 20.3 Å². The van der Waals surface area contributed by atoms with Crippen LogP contribution in [0.1, 0.15) is 44.1 Å². The highest BCUT2D eigenvalue weighted by atomic mass is 19.1. The molecule has 20 heavy (non-hydrogen) atoms. The molecule has 4 atom stereocenters. The van der Waals surface area contributed by atoms with Crippen molar-refractivity contribution in [2.24, 2.45) is 5.92 Å². The van der Waals surface area contributed by atoms with Crippen LogP contribution in [0.15, 0.2) is 24.3 Å².